The van der Waals surface area contributed by atoms with Crippen molar-refractivity contribution in [2.75, 3.05) is 25.1 Å². The Hall–Kier alpha value is -0.680. The molecule has 1 aliphatic heterocycles. The first-order chi connectivity index (χ1) is 9.26. The summed E-state index contributed by atoms with van der Waals surface area (Å²) < 4.78 is 6.57. The summed E-state index contributed by atoms with van der Waals surface area (Å²) in [5.41, 5.74) is 1.11. The molecule has 0 spiro atoms. The van der Waals surface area contributed by atoms with Crippen LogP contribution in [0.15, 0.2) is 4.47 Å². The lowest BCUT2D eigenvalue weighted by molar-refractivity contribution is 0.0780. The van der Waals surface area contributed by atoms with E-state index in [1.54, 1.807) is 0 Å². The molecule has 0 saturated carbocycles. The highest BCUT2D eigenvalue weighted by Gasteiger charge is 2.21. The zero-order valence-electron chi connectivity index (χ0n) is 11.7. The quantitative estimate of drug-likeness (QED) is 0.898. The predicted octanol–water partition coefficient (Wildman–Crippen LogP) is 3.52. The van der Waals surface area contributed by atoms with E-state index < -0.39 is 0 Å². The van der Waals surface area contributed by atoms with Crippen LogP contribution < -0.4 is 5.32 Å². The molecule has 1 N–H and O–H groups in total. The van der Waals surface area contributed by atoms with E-state index in [0.717, 1.165) is 67.3 Å². The average molecular weight is 328 g/mol. The van der Waals surface area contributed by atoms with Gasteiger partial charge in [0.25, 0.3) is 0 Å². The third-order valence-electron chi connectivity index (χ3n) is 3.29. The lowest BCUT2D eigenvalue weighted by Gasteiger charge is -2.22. The number of ether oxygens (including phenoxy) is 1. The van der Waals surface area contributed by atoms with Gasteiger partial charge in [-0.05, 0) is 42.1 Å². The van der Waals surface area contributed by atoms with Gasteiger partial charge in [-0.25, -0.2) is 9.97 Å². The lowest BCUT2D eigenvalue weighted by atomic mass is 10.0. The highest BCUT2D eigenvalue weighted by molar-refractivity contribution is 9.10. The van der Waals surface area contributed by atoms with E-state index in [1.165, 1.54) is 0 Å². The molecule has 4 nitrogen and oxygen atoms in total. The zero-order valence-corrected chi connectivity index (χ0v) is 13.3. The summed E-state index contributed by atoms with van der Waals surface area (Å²) in [6.45, 7) is 6.73. The molecule has 0 bridgehead atoms. The van der Waals surface area contributed by atoms with Crippen LogP contribution in [0.2, 0.25) is 0 Å². The minimum Gasteiger partial charge on any atom is -0.381 e. The Morgan fingerprint density at radius 2 is 2.21 bits per heavy atom. The summed E-state index contributed by atoms with van der Waals surface area (Å²) in [6.07, 6.45) is 4.28. The Kier molecular flexibility index (Phi) is 5.58. The Balaban J connectivity index is 2.30. The Bertz CT molecular complexity index is 392. The van der Waals surface area contributed by atoms with E-state index in [9.17, 15) is 0 Å². The van der Waals surface area contributed by atoms with Crippen LogP contribution in [0.1, 0.15) is 50.5 Å². The molecule has 2 heterocycles. The van der Waals surface area contributed by atoms with Crippen molar-refractivity contribution in [3.05, 3.63) is 16.0 Å². The molecule has 1 atom stereocenters. The number of nitrogens with one attached hydrogen (secondary N) is 1. The first-order valence-electron chi connectivity index (χ1n) is 7.14. The van der Waals surface area contributed by atoms with Crippen molar-refractivity contribution in [2.45, 2.75) is 45.4 Å². The second kappa shape index (κ2) is 7.20. The first-order valence-corrected chi connectivity index (χ1v) is 7.93. The van der Waals surface area contributed by atoms with Crippen LogP contribution in [-0.2, 0) is 11.2 Å². The topological polar surface area (TPSA) is 47.0 Å². The number of hydrogen-bond donors (Lipinski definition) is 1. The number of anilines is 1. The molecule has 1 aromatic heterocycles. The second-order valence-electron chi connectivity index (χ2n) is 4.89. The highest BCUT2D eigenvalue weighted by atomic mass is 79.9. The summed E-state index contributed by atoms with van der Waals surface area (Å²) in [7, 11) is 0. The zero-order chi connectivity index (χ0) is 13.7. The maximum atomic E-state index is 5.55. The fraction of sp³-hybridized carbons (Fsp3) is 0.714. The molecule has 1 unspecified atom stereocenters. The molecule has 2 rings (SSSR count). The standard InChI is InChI=1S/C14H22BrN3O/c1-3-6-11-12(15)14(16-4-2)18-13(17-11)10-7-5-8-19-9-10/h10H,3-9H2,1-2H3,(H,16,17,18). The van der Waals surface area contributed by atoms with Gasteiger partial charge in [-0.3, -0.25) is 0 Å². The molecule has 106 valence electrons. The number of aromatic nitrogens is 2. The van der Waals surface area contributed by atoms with Gasteiger partial charge < -0.3 is 10.1 Å². The van der Waals surface area contributed by atoms with Gasteiger partial charge in [0.2, 0.25) is 0 Å². The monoisotopic (exact) mass is 327 g/mol. The van der Waals surface area contributed by atoms with Crippen molar-refractivity contribution in [3.8, 4) is 0 Å². The van der Waals surface area contributed by atoms with Gasteiger partial charge in [0.1, 0.15) is 11.6 Å². The second-order valence-corrected chi connectivity index (χ2v) is 5.68. The maximum absolute atomic E-state index is 5.55. The van der Waals surface area contributed by atoms with E-state index >= 15 is 0 Å². The molecule has 5 heteroatoms. The van der Waals surface area contributed by atoms with Crippen molar-refractivity contribution < 1.29 is 4.74 Å². The van der Waals surface area contributed by atoms with Gasteiger partial charge in [0.15, 0.2) is 0 Å². The van der Waals surface area contributed by atoms with Gasteiger partial charge in [0, 0.05) is 19.1 Å². The minimum atomic E-state index is 0.342. The van der Waals surface area contributed by atoms with Crippen LogP contribution in [0.5, 0.6) is 0 Å². The fourth-order valence-corrected chi connectivity index (χ4v) is 2.84. The van der Waals surface area contributed by atoms with Crippen molar-refractivity contribution in [3.63, 3.8) is 0 Å². The van der Waals surface area contributed by atoms with E-state index in [-0.39, 0.29) is 0 Å². The summed E-state index contributed by atoms with van der Waals surface area (Å²) >= 11 is 3.62. The number of halogens is 1. The van der Waals surface area contributed by atoms with Crippen molar-refractivity contribution in [1.82, 2.24) is 9.97 Å². The minimum absolute atomic E-state index is 0.342. The molecular formula is C14H22BrN3O. The maximum Gasteiger partial charge on any atom is 0.144 e. The van der Waals surface area contributed by atoms with E-state index in [0.29, 0.717) is 5.92 Å². The summed E-state index contributed by atoms with van der Waals surface area (Å²) in [5, 5.41) is 3.32. The molecular weight excluding hydrogens is 306 g/mol. The molecule has 1 aliphatic rings. The SMILES string of the molecule is CCCc1nc(C2CCCOC2)nc(NCC)c1Br. The Morgan fingerprint density at radius 1 is 1.37 bits per heavy atom. The van der Waals surface area contributed by atoms with Gasteiger partial charge in [-0.2, -0.15) is 0 Å². The average Bonchev–Trinajstić information content (AvgIpc) is 2.44. The van der Waals surface area contributed by atoms with Crippen LogP contribution in [-0.4, -0.2) is 29.7 Å². The van der Waals surface area contributed by atoms with Crippen LogP contribution in [0.3, 0.4) is 0 Å². The molecule has 1 fully saturated rings. The molecule has 0 aromatic carbocycles. The molecule has 0 radical (unpaired) electrons. The highest BCUT2D eigenvalue weighted by Crippen LogP contribution is 2.29. The van der Waals surface area contributed by atoms with Crippen LogP contribution in [0.25, 0.3) is 0 Å². The van der Waals surface area contributed by atoms with E-state index in [1.807, 2.05) is 0 Å². The van der Waals surface area contributed by atoms with Crippen molar-refractivity contribution in [2.24, 2.45) is 0 Å². The normalized spacial score (nSPS) is 19.4. The Labute approximate surface area is 123 Å². The number of rotatable bonds is 5. The largest absolute Gasteiger partial charge is 0.381 e. The van der Waals surface area contributed by atoms with Gasteiger partial charge in [-0.1, -0.05) is 13.3 Å². The summed E-state index contributed by atoms with van der Waals surface area (Å²) in [5.74, 6) is 2.19. The predicted molar refractivity (Wildman–Crippen MR) is 80.7 cm³/mol. The molecule has 0 amide bonds. The van der Waals surface area contributed by atoms with Gasteiger partial charge in [0.05, 0.1) is 16.8 Å². The number of hydrogen-bond acceptors (Lipinski definition) is 4. The fourth-order valence-electron chi connectivity index (χ4n) is 2.33. The number of aryl methyl sites for hydroxylation is 1. The van der Waals surface area contributed by atoms with Crippen LogP contribution in [0.4, 0.5) is 5.82 Å². The molecule has 1 saturated heterocycles. The lowest BCUT2D eigenvalue weighted by Crippen LogP contribution is -2.19. The van der Waals surface area contributed by atoms with E-state index in [4.69, 9.17) is 9.72 Å². The summed E-state index contributed by atoms with van der Waals surface area (Å²) in [4.78, 5) is 9.43. The van der Waals surface area contributed by atoms with Gasteiger partial charge >= 0.3 is 0 Å². The van der Waals surface area contributed by atoms with Crippen molar-refractivity contribution in [1.29, 1.82) is 0 Å². The first kappa shape index (κ1) is 14.7. The van der Waals surface area contributed by atoms with E-state index in [2.05, 4.69) is 40.1 Å². The van der Waals surface area contributed by atoms with Gasteiger partial charge in [-0.15, -0.1) is 0 Å². The van der Waals surface area contributed by atoms with Crippen LogP contribution >= 0.6 is 15.9 Å². The number of nitrogens with zero attached hydrogens (tertiary/aromatic N) is 2. The smallest absolute Gasteiger partial charge is 0.144 e. The van der Waals surface area contributed by atoms with Crippen LogP contribution in [0, 0.1) is 0 Å². The third kappa shape index (κ3) is 3.66. The summed E-state index contributed by atoms with van der Waals surface area (Å²) in [6, 6.07) is 0. The third-order valence-corrected chi connectivity index (χ3v) is 4.13. The molecule has 0 aliphatic carbocycles. The van der Waals surface area contributed by atoms with Crippen molar-refractivity contribution >= 4 is 21.7 Å². The molecule has 1 aromatic rings. The Morgan fingerprint density at radius 3 is 2.84 bits per heavy atom. The molecule has 19 heavy (non-hydrogen) atoms.